The number of aromatic nitrogens is 2. The van der Waals surface area contributed by atoms with Crippen LogP contribution in [0.15, 0.2) is 18.3 Å². The van der Waals surface area contributed by atoms with Crippen molar-refractivity contribution < 1.29 is 13.5 Å². The third-order valence-corrected chi connectivity index (χ3v) is 8.17. The molecule has 0 amide bonds. The molecule has 0 aliphatic heterocycles. The summed E-state index contributed by atoms with van der Waals surface area (Å²) in [6, 6.07) is 3.54. The number of H-pyrrole nitrogens is 1. The van der Waals surface area contributed by atoms with E-state index in [1.54, 1.807) is 18.3 Å². The predicted octanol–water partition coefficient (Wildman–Crippen LogP) is 2.57. The lowest BCUT2D eigenvalue weighted by molar-refractivity contribution is 0.0303. The van der Waals surface area contributed by atoms with Crippen molar-refractivity contribution in [3.63, 3.8) is 0 Å². The SMILES string of the molecule is O=S(=O)(NC1CCCCC1)N[C@@H]1[C@@H]2C[C@@](O)(c3cc(Cl)cc4[nH]ncc34)C[C@@H]21. The van der Waals surface area contributed by atoms with Crippen LogP contribution in [0.2, 0.25) is 5.02 Å². The Hall–Kier alpha value is -1.19. The molecule has 28 heavy (non-hydrogen) atoms. The van der Waals surface area contributed by atoms with Crippen molar-refractivity contribution in [1.82, 2.24) is 19.6 Å². The van der Waals surface area contributed by atoms with Crippen molar-refractivity contribution in [3.05, 3.63) is 28.9 Å². The number of rotatable bonds is 5. The van der Waals surface area contributed by atoms with Gasteiger partial charge in [-0.15, -0.1) is 0 Å². The van der Waals surface area contributed by atoms with E-state index in [0.29, 0.717) is 17.9 Å². The van der Waals surface area contributed by atoms with E-state index in [9.17, 15) is 13.5 Å². The van der Waals surface area contributed by atoms with Gasteiger partial charge in [-0.1, -0.05) is 30.9 Å². The van der Waals surface area contributed by atoms with E-state index < -0.39 is 15.8 Å². The van der Waals surface area contributed by atoms with E-state index in [-0.39, 0.29) is 23.9 Å². The molecule has 1 aromatic heterocycles. The summed E-state index contributed by atoms with van der Waals surface area (Å²) in [5.41, 5.74) is 0.574. The molecule has 0 spiro atoms. The van der Waals surface area contributed by atoms with Crippen LogP contribution in [-0.4, -0.2) is 35.8 Å². The van der Waals surface area contributed by atoms with Gasteiger partial charge >= 0.3 is 0 Å². The number of halogens is 1. The molecule has 0 bridgehead atoms. The smallest absolute Gasteiger partial charge is 0.277 e. The Morgan fingerprint density at radius 1 is 1.14 bits per heavy atom. The van der Waals surface area contributed by atoms with Crippen LogP contribution in [0.5, 0.6) is 0 Å². The zero-order chi connectivity index (χ0) is 19.5. The van der Waals surface area contributed by atoms with Crippen LogP contribution in [0.4, 0.5) is 0 Å². The van der Waals surface area contributed by atoms with Crippen molar-refractivity contribution in [2.45, 2.75) is 62.6 Å². The second-order valence-electron chi connectivity index (χ2n) is 8.65. The van der Waals surface area contributed by atoms with Crippen LogP contribution in [0.25, 0.3) is 10.9 Å². The topological polar surface area (TPSA) is 107 Å². The molecule has 3 aliphatic rings. The van der Waals surface area contributed by atoms with Crippen LogP contribution in [0.3, 0.4) is 0 Å². The highest BCUT2D eigenvalue weighted by Crippen LogP contribution is 2.60. The Bertz CT molecular complexity index is 990. The second-order valence-corrected chi connectivity index (χ2v) is 10.6. The molecule has 152 valence electrons. The Labute approximate surface area is 169 Å². The molecule has 0 saturated heterocycles. The fourth-order valence-corrected chi connectivity index (χ4v) is 6.98. The highest BCUT2D eigenvalue weighted by Gasteiger charge is 2.62. The Morgan fingerprint density at radius 3 is 2.57 bits per heavy atom. The van der Waals surface area contributed by atoms with Gasteiger partial charge in [0.2, 0.25) is 0 Å². The minimum absolute atomic E-state index is 0.0441. The third kappa shape index (κ3) is 3.35. The molecule has 1 aromatic carbocycles. The van der Waals surface area contributed by atoms with Gasteiger partial charge in [-0.25, -0.2) is 0 Å². The molecule has 4 N–H and O–H groups in total. The monoisotopic (exact) mass is 424 g/mol. The van der Waals surface area contributed by atoms with Crippen molar-refractivity contribution in [2.24, 2.45) is 11.8 Å². The lowest BCUT2D eigenvalue weighted by atomic mass is 9.86. The molecule has 2 aromatic rings. The molecule has 0 radical (unpaired) electrons. The van der Waals surface area contributed by atoms with Gasteiger partial charge in [0, 0.05) is 22.5 Å². The number of nitrogens with one attached hydrogen (secondary N) is 3. The number of aromatic amines is 1. The lowest BCUT2D eigenvalue weighted by Gasteiger charge is -2.28. The molecular weight excluding hydrogens is 400 g/mol. The van der Waals surface area contributed by atoms with Crippen molar-refractivity contribution in [2.75, 3.05) is 0 Å². The number of nitrogens with zero attached hydrogens (tertiary/aromatic N) is 1. The van der Waals surface area contributed by atoms with Crippen LogP contribution in [-0.2, 0) is 15.8 Å². The standard InChI is InChI=1S/C19H25ClN4O3S/c20-11-6-16(15-10-21-22-17(15)7-11)19(25)8-13-14(9-19)18(13)24-28(26,27)23-12-4-2-1-3-5-12/h6-7,10,12-14,18,23-25H,1-5,8-9H2,(H,21,22)/t13-,14+,18-,19+. The summed E-state index contributed by atoms with van der Waals surface area (Å²) in [5, 5.41) is 19.7. The van der Waals surface area contributed by atoms with E-state index >= 15 is 0 Å². The molecule has 7 nitrogen and oxygen atoms in total. The summed E-state index contributed by atoms with van der Waals surface area (Å²) in [5.74, 6) is 0.294. The van der Waals surface area contributed by atoms with E-state index in [4.69, 9.17) is 11.6 Å². The minimum Gasteiger partial charge on any atom is -0.385 e. The molecule has 3 saturated carbocycles. The van der Waals surface area contributed by atoms with Crippen LogP contribution in [0, 0.1) is 11.8 Å². The fraction of sp³-hybridized carbons (Fsp3) is 0.632. The third-order valence-electron chi connectivity index (χ3n) is 6.72. The highest BCUT2D eigenvalue weighted by molar-refractivity contribution is 7.87. The van der Waals surface area contributed by atoms with Crippen molar-refractivity contribution >= 4 is 32.7 Å². The molecule has 3 aliphatic carbocycles. The summed E-state index contributed by atoms with van der Waals surface area (Å²) in [4.78, 5) is 0. The Balaban J connectivity index is 1.27. The van der Waals surface area contributed by atoms with Crippen LogP contribution in [0.1, 0.15) is 50.5 Å². The average molecular weight is 425 g/mol. The average Bonchev–Trinajstić information content (AvgIpc) is 3.03. The predicted molar refractivity (Wildman–Crippen MR) is 107 cm³/mol. The zero-order valence-corrected chi connectivity index (χ0v) is 17.1. The number of hydrogen-bond donors (Lipinski definition) is 4. The molecule has 4 atom stereocenters. The van der Waals surface area contributed by atoms with Gasteiger partial charge in [0.15, 0.2) is 0 Å². The first kappa shape index (κ1) is 18.8. The zero-order valence-electron chi connectivity index (χ0n) is 15.5. The second kappa shape index (κ2) is 6.67. The largest absolute Gasteiger partial charge is 0.385 e. The first-order chi connectivity index (χ1) is 13.3. The minimum atomic E-state index is -3.51. The van der Waals surface area contributed by atoms with Crippen LogP contribution < -0.4 is 9.44 Å². The highest BCUT2D eigenvalue weighted by atomic mass is 35.5. The van der Waals surface area contributed by atoms with Crippen molar-refractivity contribution in [3.8, 4) is 0 Å². The molecule has 9 heteroatoms. The first-order valence-electron chi connectivity index (χ1n) is 10.00. The maximum absolute atomic E-state index is 12.5. The van der Waals surface area contributed by atoms with Crippen molar-refractivity contribution in [1.29, 1.82) is 0 Å². The maximum Gasteiger partial charge on any atom is 0.277 e. The summed E-state index contributed by atoms with van der Waals surface area (Å²) in [7, 11) is -3.51. The van der Waals surface area contributed by atoms with Gasteiger partial charge in [0.1, 0.15) is 0 Å². The van der Waals surface area contributed by atoms with Gasteiger partial charge in [0.25, 0.3) is 10.2 Å². The van der Waals surface area contributed by atoms with E-state index in [1.807, 2.05) is 0 Å². The molecule has 3 fully saturated rings. The number of fused-ring (bicyclic) bond motifs is 2. The summed E-state index contributed by atoms with van der Waals surface area (Å²) in [6.07, 6.45) is 7.92. The molecule has 0 unspecified atom stereocenters. The molecule has 1 heterocycles. The first-order valence-corrected chi connectivity index (χ1v) is 11.9. The van der Waals surface area contributed by atoms with Crippen LogP contribution >= 0.6 is 11.6 Å². The fourth-order valence-electron chi connectivity index (χ4n) is 5.31. The molecular formula is C19H25ClN4O3S. The number of aliphatic hydroxyl groups is 1. The maximum atomic E-state index is 12.5. The summed E-state index contributed by atoms with van der Waals surface area (Å²) in [6.45, 7) is 0. The van der Waals surface area contributed by atoms with Gasteiger partial charge in [-0.05, 0) is 55.2 Å². The van der Waals surface area contributed by atoms with Gasteiger partial charge in [-0.2, -0.15) is 23.0 Å². The van der Waals surface area contributed by atoms with Gasteiger partial charge in [-0.3, -0.25) is 5.10 Å². The Morgan fingerprint density at radius 2 is 1.86 bits per heavy atom. The number of benzene rings is 1. The van der Waals surface area contributed by atoms with E-state index in [0.717, 1.165) is 42.1 Å². The van der Waals surface area contributed by atoms with E-state index in [2.05, 4.69) is 19.6 Å². The van der Waals surface area contributed by atoms with Gasteiger partial charge in [0.05, 0.1) is 17.3 Å². The number of hydrogen-bond acceptors (Lipinski definition) is 4. The normalized spacial score (nSPS) is 33.3. The molecule has 5 rings (SSSR count). The summed E-state index contributed by atoms with van der Waals surface area (Å²) >= 11 is 6.22. The lowest BCUT2D eigenvalue weighted by Crippen LogP contribution is -2.45. The van der Waals surface area contributed by atoms with Gasteiger partial charge < -0.3 is 5.11 Å². The quantitative estimate of drug-likeness (QED) is 0.591. The van der Waals surface area contributed by atoms with E-state index in [1.165, 1.54) is 6.42 Å². The summed E-state index contributed by atoms with van der Waals surface area (Å²) < 4.78 is 30.6. The Kier molecular flexibility index (Phi) is 4.48.